The normalized spacial score (nSPS) is 25.6. The van der Waals surface area contributed by atoms with Gasteiger partial charge in [-0.25, -0.2) is 0 Å². The first kappa shape index (κ1) is 18.7. The second-order valence-electron chi connectivity index (χ2n) is 8.75. The van der Waals surface area contributed by atoms with Gasteiger partial charge in [0.2, 0.25) is 11.7 Å². The van der Waals surface area contributed by atoms with Crippen LogP contribution in [0.3, 0.4) is 0 Å². The number of benzene rings is 1. The van der Waals surface area contributed by atoms with Crippen LogP contribution in [0.2, 0.25) is 0 Å². The zero-order valence-electron chi connectivity index (χ0n) is 17.0. The highest BCUT2D eigenvalue weighted by molar-refractivity contribution is 5.84. The number of nitrogens with zero attached hydrogens (tertiary/aromatic N) is 5. The monoisotopic (exact) mass is 394 g/mol. The number of nitrogens with one attached hydrogen (secondary N) is 1. The molecule has 0 bridgehead atoms. The molecule has 154 valence electrons. The fourth-order valence-corrected chi connectivity index (χ4v) is 5.49. The third kappa shape index (κ3) is 3.80. The van der Waals surface area contributed by atoms with E-state index in [0.717, 1.165) is 50.8 Å². The summed E-state index contributed by atoms with van der Waals surface area (Å²) in [5.74, 6) is 0.948. The number of tetrazole rings is 1. The zero-order chi connectivity index (χ0) is 19.6. The molecule has 2 aliphatic heterocycles. The van der Waals surface area contributed by atoms with Gasteiger partial charge < -0.3 is 9.80 Å². The van der Waals surface area contributed by atoms with E-state index in [-0.39, 0.29) is 5.92 Å². The molecule has 2 fully saturated rings. The molecule has 5 rings (SSSR count). The molecule has 29 heavy (non-hydrogen) atoms. The Balaban J connectivity index is 1.30. The minimum atomic E-state index is 0.00130. The van der Waals surface area contributed by atoms with Crippen molar-refractivity contribution in [3.05, 3.63) is 29.3 Å². The molecule has 7 nitrogen and oxygen atoms in total. The van der Waals surface area contributed by atoms with Crippen molar-refractivity contribution in [3.8, 4) is 11.4 Å². The lowest BCUT2D eigenvalue weighted by atomic mass is 9.81. The molecule has 7 heteroatoms. The van der Waals surface area contributed by atoms with Gasteiger partial charge in [0.05, 0.1) is 5.92 Å². The number of aromatic nitrogens is 4. The number of aryl methyl sites for hydroxylation is 1. The van der Waals surface area contributed by atoms with Crippen LogP contribution >= 0.6 is 0 Å². The van der Waals surface area contributed by atoms with Crippen LogP contribution in [0.15, 0.2) is 18.2 Å². The van der Waals surface area contributed by atoms with Gasteiger partial charge in [-0.3, -0.25) is 4.79 Å². The largest absolute Gasteiger partial charge is 0.342 e. The van der Waals surface area contributed by atoms with Gasteiger partial charge in [-0.15, -0.1) is 10.2 Å². The van der Waals surface area contributed by atoms with Crippen LogP contribution in [0.4, 0.5) is 0 Å². The van der Waals surface area contributed by atoms with Crippen molar-refractivity contribution in [2.75, 3.05) is 26.2 Å². The Morgan fingerprint density at radius 2 is 1.90 bits per heavy atom. The van der Waals surface area contributed by atoms with Crippen LogP contribution in [0.25, 0.3) is 11.4 Å². The maximum atomic E-state index is 13.5. The summed E-state index contributed by atoms with van der Waals surface area (Å²) in [5.41, 5.74) is 3.43. The summed E-state index contributed by atoms with van der Waals surface area (Å²) in [7, 11) is 0. The first-order valence-electron chi connectivity index (χ1n) is 11.2. The van der Waals surface area contributed by atoms with Gasteiger partial charge in [0.1, 0.15) is 0 Å². The van der Waals surface area contributed by atoms with Crippen molar-refractivity contribution in [3.63, 3.8) is 0 Å². The number of hydrogen-bond donors (Lipinski definition) is 1. The van der Waals surface area contributed by atoms with E-state index in [1.165, 1.54) is 43.5 Å². The van der Waals surface area contributed by atoms with E-state index >= 15 is 0 Å². The summed E-state index contributed by atoms with van der Waals surface area (Å²) in [6.07, 6.45) is 9.20. The molecule has 1 aliphatic carbocycles. The van der Waals surface area contributed by atoms with Gasteiger partial charge in [-0.05, 0) is 86.9 Å². The van der Waals surface area contributed by atoms with Crippen LogP contribution in [-0.2, 0) is 11.2 Å². The number of aromatic amines is 1. The fourth-order valence-electron chi connectivity index (χ4n) is 5.49. The molecule has 2 unspecified atom stereocenters. The molecule has 0 radical (unpaired) electrons. The summed E-state index contributed by atoms with van der Waals surface area (Å²) in [6, 6.07) is 6.96. The Morgan fingerprint density at radius 1 is 1.00 bits per heavy atom. The Hall–Kier alpha value is -2.28. The van der Waals surface area contributed by atoms with E-state index in [1.807, 2.05) is 6.07 Å². The number of likely N-dealkylation sites (tertiary alicyclic amines) is 2. The maximum absolute atomic E-state index is 13.5. The van der Waals surface area contributed by atoms with Crippen molar-refractivity contribution in [1.29, 1.82) is 0 Å². The Morgan fingerprint density at radius 3 is 2.72 bits per heavy atom. The van der Waals surface area contributed by atoms with Gasteiger partial charge >= 0.3 is 0 Å². The van der Waals surface area contributed by atoms with Crippen molar-refractivity contribution in [2.24, 2.45) is 0 Å². The van der Waals surface area contributed by atoms with Gasteiger partial charge in [-0.2, -0.15) is 5.21 Å². The minimum absolute atomic E-state index is 0.00130. The summed E-state index contributed by atoms with van der Waals surface area (Å²) in [4.78, 5) is 18.3. The molecule has 0 spiro atoms. The molecule has 1 aromatic heterocycles. The predicted octanol–water partition coefficient (Wildman–Crippen LogP) is 2.76. The maximum Gasteiger partial charge on any atom is 0.230 e. The van der Waals surface area contributed by atoms with Gasteiger partial charge in [0.15, 0.2) is 0 Å². The third-order valence-corrected chi connectivity index (χ3v) is 7.03. The molecule has 3 aliphatic rings. The van der Waals surface area contributed by atoms with E-state index in [0.29, 0.717) is 17.8 Å². The molecule has 2 saturated heterocycles. The first-order chi connectivity index (χ1) is 14.3. The van der Waals surface area contributed by atoms with Crippen LogP contribution in [0, 0.1) is 0 Å². The molecule has 2 aromatic rings. The number of hydrogen-bond acceptors (Lipinski definition) is 5. The third-order valence-electron chi connectivity index (χ3n) is 7.03. The average molecular weight is 395 g/mol. The van der Waals surface area contributed by atoms with E-state index in [1.54, 1.807) is 0 Å². The lowest BCUT2D eigenvalue weighted by Crippen LogP contribution is -2.38. The number of carbonyl (C=O) groups is 1. The van der Waals surface area contributed by atoms with Crippen molar-refractivity contribution in [1.82, 2.24) is 30.4 Å². The van der Waals surface area contributed by atoms with Gasteiger partial charge in [-0.1, -0.05) is 12.1 Å². The molecular weight excluding hydrogens is 364 g/mol. The highest BCUT2D eigenvalue weighted by Gasteiger charge is 2.32. The van der Waals surface area contributed by atoms with Gasteiger partial charge in [0, 0.05) is 24.7 Å². The van der Waals surface area contributed by atoms with Crippen molar-refractivity contribution >= 4 is 5.91 Å². The lowest BCUT2D eigenvalue weighted by Gasteiger charge is -2.31. The number of H-pyrrole nitrogens is 1. The second-order valence-corrected chi connectivity index (χ2v) is 8.75. The topological polar surface area (TPSA) is 78.0 Å². The Labute approximate surface area is 171 Å². The summed E-state index contributed by atoms with van der Waals surface area (Å²) >= 11 is 0. The highest BCUT2D eigenvalue weighted by atomic mass is 16.2. The molecule has 1 amide bonds. The lowest BCUT2D eigenvalue weighted by molar-refractivity contribution is -0.133. The molecule has 0 saturated carbocycles. The predicted molar refractivity (Wildman–Crippen MR) is 110 cm³/mol. The number of fused-ring (bicyclic) bond motifs is 1. The number of carbonyl (C=O) groups excluding carboxylic acids is 1. The average Bonchev–Trinajstić information content (AvgIpc) is 3.44. The van der Waals surface area contributed by atoms with Crippen molar-refractivity contribution < 1.29 is 4.79 Å². The second kappa shape index (κ2) is 8.22. The fraction of sp³-hybridized carbons (Fsp3) is 0.636. The van der Waals surface area contributed by atoms with Crippen LogP contribution in [0.1, 0.15) is 62.0 Å². The zero-order valence-corrected chi connectivity index (χ0v) is 17.0. The molecular formula is C22H30N6O. The summed E-state index contributed by atoms with van der Waals surface area (Å²) in [5, 5.41) is 14.3. The Kier molecular flexibility index (Phi) is 5.31. The quantitative estimate of drug-likeness (QED) is 0.866. The molecule has 2 atom stereocenters. The summed E-state index contributed by atoms with van der Waals surface area (Å²) in [6.45, 7) is 4.32. The van der Waals surface area contributed by atoms with Gasteiger partial charge in [0.25, 0.3) is 0 Å². The molecule has 3 heterocycles. The van der Waals surface area contributed by atoms with Crippen LogP contribution in [-0.4, -0.2) is 68.6 Å². The van der Waals surface area contributed by atoms with Crippen molar-refractivity contribution in [2.45, 2.75) is 63.3 Å². The molecule has 1 N–H and O–H groups in total. The van der Waals surface area contributed by atoms with E-state index in [4.69, 9.17) is 0 Å². The molecule has 1 aromatic carbocycles. The van der Waals surface area contributed by atoms with Crippen LogP contribution < -0.4 is 0 Å². The smallest absolute Gasteiger partial charge is 0.230 e. The SMILES string of the molecule is O=C(C1CCCc2cc(-c3nn[nH]n3)ccc21)N1CCCC(N2CCCC2)CC1. The minimum Gasteiger partial charge on any atom is -0.342 e. The van der Waals surface area contributed by atoms with E-state index in [2.05, 4.69) is 42.6 Å². The number of amides is 1. The van der Waals surface area contributed by atoms with Crippen LogP contribution in [0.5, 0.6) is 0 Å². The van der Waals surface area contributed by atoms with E-state index < -0.39 is 0 Å². The first-order valence-corrected chi connectivity index (χ1v) is 11.2. The highest BCUT2D eigenvalue weighted by Crippen LogP contribution is 2.35. The van der Waals surface area contributed by atoms with E-state index in [9.17, 15) is 4.79 Å². The Bertz CT molecular complexity index is 845. The standard InChI is InChI=1S/C22H30N6O/c29-22(28-13-4-6-18(10-14-28)27-11-1-2-12-27)20-7-3-5-16-15-17(8-9-19(16)20)21-23-25-26-24-21/h8-9,15,18,20H,1-7,10-14H2,(H,23,24,25,26). The summed E-state index contributed by atoms with van der Waals surface area (Å²) < 4.78 is 0. The number of rotatable bonds is 3.